The van der Waals surface area contributed by atoms with E-state index in [-0.39, 0.29) is 6.04 Å². The summed E-state index contributed by atoms with van der Waals surface area (Å²) in [7, 11) is 0. The van der Waals surface area contributed by atoms with Crippen LogP contribution in [0.4, 0.5) is 5.69 Å². The molecule has 6 rings (SSSR count). The summed E-state index contributed by atoms with van der Waals surface area (Å²) < 4.78 is 8.62. The molecular formula is C31H30BrN5O. The normalized spacial score (nSPS) is 14.7. The zero-order valence-corrected chi connectivity index (χ0v) is 23.6. The third-order valence-electron chi connectivity index (χ3n) is 6.31. The van der Waals surface area contributed by atoms with Crippen LogP contribution in [-0.4, -0.2) is 20.5 Å². The molecule has 1 unspecified atom stereocenters. The number of aromatic nitrogens is 3. The van der Waals surface area contributed by atoms with Gasteiger partial charge in [-0.1, -0.05) is 52.3 Å². The van der Waals surface area contributed by atoms with Crippen molar-refractivity contribution in [1.29, 1.82) is 0 Å². The molecule has 0 bridgehead atoms. The van der Waals surface area contributed by atoms with Crippen molar-refractivity contribution in [2.24, 2.45) is 5.10 Å². The Bertz CT molecular complexity index is 1520. The molecule has 0 spiro atoms. The zero-order valence-electron chi connectivity index (χ0n) is 22.0. The van der Waals surface area contributed by atoms with E-state index < -0.39 is 0 Å². The standard InChI is InChI=1S/C20H19N3O.C11H11BrN2/c1-14-10-15(2)12-17(11-14)23-19(20-21-8-9-24-20)13-18(22-23)16-6-4-3-5-7-16;1-8-7-9(2)14(13-8)11-5-3-10(12)4-6-11/h3-12,19H,13H2,1-2H3;3-7H,1-2H3. The zero-order chi connectivity index (χ0) is 26.6. The van der Waals surface area contributed by atoms with Crippen molar-refractivity contribution in [1.82, 2.24) is 14.8 Å². The van der Waals surface area contributed by atoms with Crippen molar-refractivity contribution in [3.05, 3.63) is 130 Å². The molecule has 0 saturated carbocycles. The second kappa shape index (κ2) is 11.2. The molecule has 38 heavy (non-hydrogen) atoms. The Labute approximate surface area is 231 Å². The molecule has 7 heteroatoms. The summed E-state index contributed by atoms with van der Waals surface area (Å²) in [5.74, 6) is 0.698. The van der Waals surface area contributed by atoms with E-state index in [2.05, 4.69) is 83.2 Å². The van der Waals surface area contributed by atoms with Crippen LogP contribution >= 0.6 is 15.9 Å². The Morgan fingerprint density at radius 2 is 1.55 bits per heavy atom. The lowest BCUT2D eigenvalue weighted by molar-refractivity contribution is 0.449. The first kappa shape index (κ1) is 25.7. The second-order valence-electron chi connectivity index (χ2n) is 9.51. The Morgan fingerprint density at radius 3 is 2.16 bits per heavy atom. The molecule has 1 aliphatic heterocycles. The molecule has 0 aliphatic carbocycles. The summed E-state index contributed by atoms with van der Waals surface area (Å²) in [6.45, 7) is 8.27. The molecule has 3 aromatic carbocycles. The summed E-state index contributed by atoms with van der Waals surface area (Å²) in [5, 5.41) is 11.3. The molecule has 2 aromatic heterocycles. The molecular weight excluding hydrogens is 538 g/mol. The van der Waals surface area contributed by atoms with Gasteiger partial charge < -0.3 is 4.42 Å². The topological polar surface area (TPSA) is 59.5 Å². The molecule has 5 aromatic rings. The maximum atomic E-state index is 5.59. The average Bonchev–Trinajstić information content (AvgIpc) is 3.65. The van der Waals surface area contributed by atoms with E-state index in [1.165, 1.54) is 11.1 Å². The fourth-order valence-electron chi connectivity index (χ4n) is 4.70. The lowest BCUT2D eigenvalue weighted by atomic mass is 10.0. The Hall–Kier alpha value is -3.97. The first-order chi connectivity index (χ1) is 18.4. The maximum Gasteiger partial charge on any atom is 0.219 e. The number of hydrazone groups is 1. The van der Waals surface area contributed by atoms with Gasteiger partial charge in [-0.25, -0.2) is 9.67 Å². The van der Waals surface area contributed by atoms with Crippen molar-refractivity contribution in [3.63, 3.8) is 0 Å². The Kier molecular flexibility index (Phi) is 7.56. The highest BCUT2D eigenvalue weighted by Crippen LogP contribution is 2.36. The lowest BCUT2D eigenvalue weighted by Crippen LogP contribution is -2.19. The molecule has 0 fully saturated rings. The van der Waals surface area contributed by atoms with Crippen molar-refractivity contribution >= 4 is 27.3 Å². The molecule has 0 N–H and O–H groups in total. The van der Waals surface area contributed by atoms with Crippen LogP contribution in [0.1, 0.15) is 46.4 Å². The van der Waals surface area contributed by atoms with Crippen LogP contribution in [0.15, 0.2) is 105 Å². The SMILES string of the molecule is Cc1cc(C)cc(N2N=C(c3ccccc3)CC2c2ncco2)c1.Cc1cc(C)n(-c2ccc(Br)cc2)n1. The van der Waals surface area contributed by atoms with Crippen LogP contribution < -0.4 is 5.01 Å². The first-order valence-electron chi connectivity index (χ1n) is 12.6. The van der Waals surface area contributed by atoms with Gasteiger partial charge in [0, 0.05) is 16.6 Å². The maximum absolute atomic E-state index is 5.59. The Morgan fingerprint density at radius 1 is 0.842 bits per heavy atom. The van der Waals surface area contributed by atoms with Gasteiger partial charge in [0.15, 0.2) is 0 Å². The van der Waals surface area contributed by atoms with Crippen LogP contribution in [0.25, 0.3) is 5.69 Å². The molecule has 192 valence electrons. The number of anilines is 1. The number of hydrogen-bond donors (Lipinski definition) is 0. The summed E-state index contributed by atoms with van der Waals surface area (Å²) in [6, 6.07) is 26.9. The van der Waals surface area contributed by atoms with E-state index in [0.717, 1.165) is 44.9 Å². The highest BCUT2D eigenvalue weighted by atomic mass is 79.9. The molecule has 0 amide bonds. The highest BCUT2D eigenvalue weighted by molar-refractivity contribution is 9.10. The first-order valence-corrected chi connectivity index (χ1v) is 13.4. The summed E-state index contributed by atoms with van der Waals surface area (Å²) >= 11 is 3.41. The fraction of sp³-hybridized carbons (Fsp3) is 0.194. The number of halogens is 1. The number of nitrogens with zero attached hydrogens (tertiary/aromatic N) is 5. The van der Waals surface area contributed by atoms with E-state index in [4.69, 9.17) is 9.52 Å². The van der Waals surface area contributed by atoms with Crippen molar-refractivity contribution in [3.8, 4) is 5.69 Å². The molecule has 0 saturated heterocycles. The largest absolute Gasteiger partial charge is 0.447 e. The number of rotatable bonds is 4. The van der Waals surface area contributed by atoms with Crippen molar-refractivity contribution in [2.45, 2.75) is 40.2 Å². The van der Waals surface area contributed by atoms with Crippen LogP contribution in [-0.2, 0) is 0 Å². The van der Waals surface area contributed by atoms with E-state index >= 15 is 0 Å². The van der Waals surface area contributed by atoms with E-state index in [9.17, 15) is 0 Å². The average molecular weight is 569 g/mol. The van der Waals surface area contributed by atoms with Crippen LogP contribution in [0.2, 0.25) is 0 Å². The number of hydrogen-bond acceptors (Lipinski definition) is 5. The predicted octanol–water partition coefficient (Wildman–Crippen LogP) is 7.90. The fourth-order valence-corrected chi connectivity index (χ4v) is 4.96. The van der Waals surface area contributed by atoms with Crippen LogP contribution in [0.3, 0.4) is 0 Å². The summed E-state index contributed by atoms with van der Waals surface area (Å²) in [5.41, 5.74) is 9.01. The van der Waals surface area contributed by atoms with Gasteiger partial charge in [-0.15, -0.1) is 0 Å². The molecule has 0 radical (unpaired) electrons. The molecule has 1 atom stereocenters. The monoisotopic (exact) mass is 567 g/mol. The van der Waals surface area contributed by atoms with Gasteiger partial charge in [0.2, 0.25) is 5.89 Å². The van der Waals surface area contributed by atoms with Gasteiger partial charge in [0.05, 0.1) is 29.0 Å². The van der Waals surface area contributed by atoms with Crippen molar-refractivity contribution in [2.75, 3.05) is 5.01 Å². The number of benzene rings is 3. The minimum atomic E-state index is -0.0172. The van der Waals surface area contributed by atoms with E-state index in [1.54, 1.807) is 12.5 Å². The molecule has 6 nitrogen and oxygen atoms in total. The lowest BCUT2D eigenvalue weighted by Gasteiger charge is -2.22. The smallest absolute Gasteiger partial charge is 0.219 e. The van der Waals surface area contributed by atoms with E-state index in [0.29, 0.717) is 5.89 Å². The predicted molar refractivity (Wildman–Crippen MR) is 156 cm³/mol. The third kappa shape index (κ3) is 5.78. The minimum absolute atomic E-state index is 0.0172. The van der Waals surface area contributed by atoms with Crippen LogP contribution in [0.5, 0.6) is 0 Å². The van der Waals surface area contributed by atoms with Gasteiger partial charge in [0.25, 0.3) is 0 Å². The van der Waals surface area contributed by atoms with Crippen molar-refractivity contribution < 1.29 is 4.42 Å². The minimum Gasteiger partial charge on any atom is -0.447 e. The van der Waals surface area contributed by atoms with E-state index in [1.807, 2.05) is 59.1 Å². The Balaban J connectivity index is 0.000000179. The summed E-state index contributed by atoms with van der Waals surface area (Å²) in [4.78, 5) is 4.37. The van der Waals surface area contributed by atoms with Gasteiger partial charge in [-0.3, -0.25) is 5.01 Å². The third-order valence-corrected chi connectivity index (χ3v) is 6.83. The highest BCUT2D eigenvalue weighted by Gasteiger charge is 2.33. The second-order valence-corrected chi connectivity index (χ2v) is 10.4. The number of oxazole rings is 1. The van der Waals surface area contributed by atoms with Gasteiger partial charge in [-0.05, 0) is 86.8 Å². The summed E-state index contributed by atoms with van der Waals surface area (Å²) in [6.07, 6.45) is 4.09. The van der Waals surface area contributed by atoms with Gasteiger partial charge in [-0.2, -0.15) is 10.2 Å². The molecule has 3 heterocycles. The van der Waals surface area contributed by atoms with Gasteiger partial charge in [0.1, 0.15) is 12.3 Å². The van der Waals surface area contributed by atoms with Gasteiger partial charge >= 0.3 is 0 Å². The van der Waals surface area contributed by atoms with Crippen LogP contribution in [0, 0.1) is 27.7 Å². The molecule has 1 aliphatic rings. The quantitative estimate of drug-likeness (QED) is 0.221. The number of aryl methyl sites for hydroxylation is 4.